The molecular formula is C11H17N3O. The summed E-state index contributed by atoms with van der Waals surface area (Å²) in [7, 11) is 1.67. The number of anilines is 1. The maximum atomic E-state index is 5.68. The van der Waals surface area contributed by atoms with Gasteiger partial charge in [-0.25, -0.2) is 0 Å². The van der Waals surface area contributed by atoms with E-state index in [0.717, 1.165) is 11.3 Å². The van der Waals surface area contributed by atoms with Crippen LogP contribution in [0, 0.1) is 0 Å². The summed E-state index contributed by atoms with van der Waals surface area (Å²) in [5.41, 5.74) is 7.68. The van der Waals surface area contributed by atoms with E-state index in [4.69, 9.17) is 10.5 Å². The molecule has 4 nitrogen and oxygen atoms in total. The number of nitrogens with two attached hydrogens (primary N) is 1. The standard InChI is InChI=1S/C11H17N3O/c1-3-13-11(12)14-10-7-5-4-6-9(10)8-15-2/h4-7H,3,8H2,1-2H3,(H3,12,13,14). The van der Waals surface area contributed by atoms with Crippen LogP contribution in [0.25, 0.3) is 0 Å². The van der Waals surface area contributed by atoms with Crippen LogP contribution in [0.15, 0.2) is 29.3 Å². The lowest BCUT2D eigenvalue weighted by molar-refractivity contribution is 0.185. The van der Waals surface area contributed by atoms with Crippen LogP contribution in [-0.2, 0) is 11.3 Å². The van der Waals surface area contributed by atoms with Crippen molar-refractivity contribution in [1.82, 2.24) is 0 Å². The molecule has 0 heterocycles. The summed E-state index contributed by atoms with van der Waals surface area (Å²) >= 11 is 0. The zero-order valence-electron chi connectivity index (χ0n) is 9.16. The molecule has 0 saturated heterocycles. The normalized spacial score (nSPS) is 11.5. The second-order valence-electron chi connectivity index (χ2n) is 3.07. The first kappa shape index (κ1) is 11.5. The van der Waals surface area contributed by atoms with E-state index in [0.29, 0.717) is 19.1 Å². The molecule has 1 aromatic rings. The van der Waals surface area contributed by atoms with Crippen LogP contribution >= 0.6 is 0 Å². The number of rotatable bonds is 4. The number of hydrogen-bond donors (Lipinski definition) is 2. The van der Waals surface area contributed by atoms with Crippen molar-refractivity contribution in [2.24, 2.45) is 10.7 Å². The maximum Gasteiger partial charge on any atom is 0.193 e. The number of para-hydroxylation sites is 1. The fourth-order valence-corrected chi connectivity index (χ4v) is 1.27. The molecule has 0 fully saturated rings. The molecule has 0 aliphatic carbocycles. The van der Waals surface area contributed by atoms with E-state index in [9.17, 15) is 0 Å². The van der Waals surface area contributed by atoms with Crippen molar-refractivity contribution < 1.29 is 4.74 Å². The molecule has 0 atom stereocenters. The highest BCUT2D eigenvalue weighted by molar-refractivity contribution is 5.92. The summed E-state index contributed by atoms with van der Waals surface area (Å²) in [5.74, 6) is 0.432. The van der Waals surface area contributed by atoms with Crippen molar-refractivity contribution in [2.45, 2.75) is 13.5 Å². The molecule has 1 aromatic carbocycles. The molecule has 3 N–H and O–H groups in total. The SMILES string of the molecule is CCN=C(N)Nc1ccccc1COC. The zero-order chi connectivity index (χ0) is 11.1. The molecule has 0 aliphatic heterocycles. The lowest BCUT2D eigenvalue weighted by Crippen LogP contribution is -2.23. The lowest BCUT2D eigenvalue weighted by atomic mass is 10.2. The fraction of sp³-hybridized carbons (Fsp3) is 0.364. The van der Waals surface area contributed by atoms with Crippen LogP contribution in [0.2, 0.25) is 0 Å². The summed E-state index contributed by atoms with van der Waals surface area (Å²) in [4.78, 5) is 4.06. The summed E-state index contributed by atoms with van der Waals surface area (Å²) < 4.78 is 5.09. The predicted molar refractivity (Wildman–Crippen MR) is 62.9 cm³/mol. The largest absolute Gasteiger partial charge is 0.380 e. The highest BCUT2D eigenvalue weighted by Crippen LogP contribution is 2.15. The topological polar surface area (TPSA) is 59.6 Å². The molecule has 82 valence electrons. The van der Waals surface area contributed by atoms with Gasteiger partial charge in [-0.15, -0.1) is 0 Å². The van der Waals surface area contributed by atoms with E-state index >= 15 is 0 Å². The first-order chi connectivity index (χ1) is 7.27. The van der Waals surface area contributed by atoms with Gasteiger partial charge < -0.3 is 15.8 Å². The van der Waals surface area contributed by atoms with E-state index in [1.807, 2.05) is 31.2 Å². The molecular weight excluding hydrogens is 190 g/mol. The Kier molecular flexibility index (Phi) is 4.63. The number of benzene rings is 1. The molecule has 4 heteroatoms. The fourth-order valence-electron chi connectivity index (χ4n) is 1.27. The Hall–Kier alpha value is -1.55. The lowest BCUT2D eigenvalue weighted by Gasteiger charge is -2.10. The molecule has 15 heavy (non-hydrogen) atoms. The van der Waals surface area contributed by atoms with Crippen molar-refractivity contribution in [2.75, 3.05) is 19.0 Å². The highest BCUT2D eigenvalue weighted by Gasteiger charge is 2.01. The quantitative estimate of drug-likeness (QED) is 0.582. The average Bonchev–Trinajstić information content (AvgIpc) is 2.21. The third-order valence-corrected chi connectivity index (χ3v) is 1.91. The number of ether oxygens (including phenoxy) is 1. The number of nitrogens with zero attached hydrogens (tertiary/aromatic N) is 1. The van der Waals surface area contributed by atoms with Gasteiger partial charge in [0, 0.05) is 24.9 Å². The van der Waals surface area contributed by atoms with Crippen molar-refractivity contribution in [3.63, 3.8) is 0 Å². The van der Waals surface area contributed by atoms with Gasteiger partial charge in [-0.1, -0.05) is 18.2 Å². The molecule has 0 unspecified atom stereocenters. The van der Waals surface area contributed by atoms with Gasteiger partial charge in [0.15, 0.2) is 5.96 Å². The molecule has 0 bridgehead atoms. The van der Waals surface area contributed by atoms with Crippen LogP contribution in [0.3, 0.4) is 0 Å². The van der Waals surface area contributed by atoms with E-state index < -0.39 is 0 Å². The molecule has 0 amide bonds. The van der Waals surface area contributed by atoms with Gasteiger partial charge in [0.25, 0.3) is 0 Å². The van der Waals surface area contributed by atoms with Crippen molar-refractivity contribution in [3.05, 3.63) is 29.8 Å². The predicted octanol–water partition coefficient (Wildman–Crippen LogP) is 1.58. The van der Waals surface area contributed by atoms with Gasteiger partial charge in [0.2, 0.25) is 0 Å². The third kappa shape index (κ3) is 3.59. The summed E-state index contributed by atoms with van der Waals surface area (Å²) in [6.45, 7) is 3.17. The molecule has 0 spiro atoms. The number of hydrogen-bond acceptors (Lipinski definition) is 2. The van der Waals surface area contributed by atoms with Crippen LogP contribution in [0.4, 0.5) is 5.69 Å². The minimum Gasteiger partial charge on any atom is -0.380 e. The summed E-state index contributed by atoms with van der Waals surface area (Å²) in [6, 6.07) is 7.85. The Bertz CT molecular complexity index is 336. The number of aliphatic imine (C=N–C) groups is 1. The summed E-state index contributed by atoms with van der Waals surface area (Å²) in [5, 5.41) is 3.04. The zero-order valence-corrected chi connectivity index (χ0v) is 9.16. The van der Waals surface area contributed by atoms with Gasteiger partial charge in [-0.05, 0) is 13.0 Å². The molecule has 0 aliphatic rings. The Morgan fingerprint density at radius 3 is 2.87 bits per heavy atom. The second-order valence-corrected chi connectivity index (χ2v) is 3.07. The second kappa shape index (κ2) is 6.03. The van der Waals surface area contributed by atoms with Gasteiger partial charge in [0.05, 0.1) is 6.61 Å². The van der Waals surface area contributed by atoms with Crippen molar-refractivity contribution in [1.29, 1.82) is 0 Å². The first-order valence-electron chi connectivity index (χ1n) is 4.91. The number of guanidine groups is 1. The summed E-state index contributed by atoms with van der Waals surface area (Å²) in [6.07, 6.45) is 0. The van der Waals surface area contributed by atoms with Gasteiger partial charge in [-0.2, -0.15) is 0 Å². The first-order valence-corrected chi connectivity index (χ1v) is 4.91. The van der Waals surface area contributed by atoms with Crippen molar-refractivity contribution in [3.8, 4) is 0 Å². The van der Waals surface area contributed by atoms with Gasteiger partial charge in [0.1, 0.15) is 0 Å². The van der Waals surface area contributed by atoms with E-state index in [2.05, 4.69) is 10.3 Å². The molecule has 0 aromatic heterocycles. The minimum atomic E-state index is 0.432. The Morgan fingerprint density at radius 2 is 2.20 bits per heavy atom. The minimum absolute atomic E-state index is 0.432. The van der Waals surface area contributed by atoms with Gasteiger partial charge >= 0.3 is 0 Å². The maximum absolute atomic E-state index is 5.68. The van der Waals surface area contributed by atoms with Crippen LogP contribution in [-0.4, -0.2) is 19.6 Å². The van der Waals surface area contributed by atoms with E-state index in [1.54, 1.807) is 7.11 Å². The Morgan fingerprint density at radius 1 is 1.47 bits per heavy atom. The number of methoxy groups -OCH3 is 1. The smallest absolute Gasteiger partial charge is 0.193 e. The van der Waals surface area contributed by atoms with Crippen molar-refractivity contribution >= 4 is 11.6 Å². The molecule has 0 radical (unpaired) electrons. The third-order valence-electron chi connectivity index (χ3n) is 1.91. The Labute approximate surface area is 90.2 Å². The van der Waals surface area contributed by atoms with Crippen LogP contribution in [0.5, 0.6) is 0 Å². The Balaban J connectivity index is 2.79. The molecule has 0 saturated carbocycles. The van der Waals surface area contributed by atoms with E-state index in [1.165, 1.54) is 0 Å². The monoisotopic (exact) mass is 207 g/mol. The number of nitrogens with one attached hydrogen (secondary N) is 1. The average molecular weight is 207 g/mol. The van der Waals surface area contributed by atoms with Crippen LogP contribution < -0.4 is 11.1 Å². The van der Waals surface area contributed by atoms with Gasteiger partial charge in [-0.3, -0.25) is 4.99 Å². The van der Waals surface area contributed by atoms with Crippen LogP contribution in [0.1, 0.15) is 12.5 Å². The van der Waals surface area contributed by atoms with E-state index in [-0.39, 0.29) is 0 Å². The molecule has 1 rings (SSSR count). The highest BCUT2D eigenvalue weighted by atomic mass is 16.5.